The van der Waals surface area contributed by atoms with Crippen molar-refractivity contribution in [3.63, 3.8) is 0 Å². The van der Waals surface area contributed by atoms with Crippen LogP contribution >= 0.6 is 0 Å². The summed E-state index contributed by atoms with van der Waals surface area (Å²) in [5.41, 5.74) is -0.401. The van der Waals surface area contributed by atoms with E-state index in [1.807, 2.05) is 20.8 Å². The van der Waals surface area contributed by atoms with Gasteiger partial charge in [-0.15, -0.1) is 6.58 Å². The molecule has 0 saturated carbocycles. The summed E-state index contributed by atoms with van der Waals surface area (Å²) >= 11 is 0. The van der Waals surface area contributed by atoms with Crippen LogP contribution in [0.1, 0.15) is 59.8 Å². The van der Waals surface area contributed by atoms with E-state index in [-0.39, 0.29) is 11.9 Å². The first kappa shape index (κ1) is 15.2. The maximum atomic E-state index is 11.8. The fraction of sp³-hybridized carbons (Fsp3) is 0.786. The zero-order valence-electron chi connectivity index (χ0n) is 11.2. The molecule has 0 aromatic rings. The number of rotatable bonds is 7. The standard InChI is InChI=1S/C14H26O2/c1-6-8-9-10-11-12(7-2)13(15)16-14(3,4)5/h7,12H,2,6,8-11H2,1,3-5H3. The van der Waals surface area contributed by atoms with Gasteiger partial charge in [0, 0.05) is 0 Å². The van der Waals surface area contributed by atoms with Crippen LogP contribution in [0.3, 0.4) is 0 Å². The van der Waals surface area contributed by atoms with Gasteiger partial charge in [-0.2, -0.15) is 0 Å². The van der Waals surface area contributed by atoms with Crippen LogP contribution in [0.5, 0.6) is 0 Å². The highest BCUT2D eigenvalue weighted by Gasteiger charge is 2.22. The van der Waals surface area contributed by atoms with Gasteiger partial charge in [0.2, 0.25) is 0 Å². The summed E-state index contributed by atoms with van der Waals surface area (Å²) in [7, 11) is 0. The summed E-state index contributed by atoms with van der Waals surface area (Å²) in [4.78, 5) is 11.8. The van der Waals surface area contributed by atoms with Crippen LogP contribution in [0, 0.1) is 5.92 Å². The molecular weight excluding hydrogens is 200 g/mol. The monoisotopic (exact) mass is 226 g/mol. The predicted octanol–water partition coefficient (Wildman–Crippen LogP) is 4.10. The lowest BCUT2D eigenvalue weighted by atomic mass is 10.0. The van der Waals surface area contributed by atoms with Gasteiger partial charge >= 0.3 is 5.97 Å². The second-order valence-corrected chi connectivity index (χ2v) is 5.23. The van der Waals surface area contributed by atoms with Gasteiger partial charge in [0.15, 0.2) is 0 Å². The lowest BCUT2D eigenvalue weighted by molar-refractivity contribution is -0.158. The van der Waals surface area contributed by atoms with Crippen LogP contribution in [0.15, 0.2) is 12.7 Å². The predicted molar refractivity (Wildman–Crippen MR) is 68.3 cm³/mol. The summed E-state index contributed by atoms with van der Waals surface area (Å²) in [6.45, 7) is 11.6. The van der Waals surface area contributed by atoms with Gasteiger partial charge in [0.25, 0.3) is 0 Å². The highest BCUT2D eigenvalue weighted by Crippen LogP contribution is 2.17. The van der Waals surface area contributed by atoms with Crippen LogP contribution in [-0.2, 0) is 9.53 Å². The first-order valence-electron chi connectivity index (χ1n) is 6.26. The van der Waals surface area contributed by atoms with Gasteiger partial charge in [0.05, 0.1) is 5.92 Å². The van der Waals surface area contributed by atoms with Crippen molar-refractivity contribution in [1.29, 1.82) is 0 Å². The Balaban J connectivity index is 3.98. The number of hydrogen-bond acceptors (Lipinski definition) is 2. The molecule has 0 aromatic heterocycles. The molecule has 16 heavy (non-hydrogen) atoms. The van der Waals surface area contributed by atoms with Gasteiger partial charge in [0.1, 0.15) is 5.60 Å². The minimum Gasteiger partial charge on any atom is -0.460 e. The number of hydrogen-bond donors (Lipinski definition) is 0. The van der Waals surface area contributed by atoms with Crippen molar-refractivity contribution in [2.75, 3.05) is 0 Å². The van der Waals surface area contributed by atoms with Crippen LogP contribution in [0.25, 0.3) is 0 Å². The zero-order chi connectivity index (χ0) is 12.6. The van der Waals surface area contributed by atoms with E-state index in [0.29, 0.717) is 0 Å². The molecule has 0 aliphatic rings. The van der Waals surface area contributed by atoms with E-state index in [9.17, 15) is 4.79 Å². The fourth-order valence-corrected chi connectivity index (χ4v) is 1.50. The lowest BCUT2D eigenvalue weighted by Crippen LogP contribution is -2.28. The molecule has 0 aromatic carbocycles. The Morgan fingerprint density at radius 1 is 1.31 bits per heavy atom. The summed E-state index contributed by atoms with van der Waals surface area (Å²) in [6, 6.07) is 0. The van der Waals surface area contributed by atoms with Gasteiger partial charge in [-0.1, -0.05) is 38.7 Å². The highest BCUT2D eigenvalue weighted by atomic mass is 16.6. The molecule has 0 spiro atoms. The van der Waals surface area contributed by atoms with Crippen molar-refractivity contribution in [1.82, 2.24) is 0 Å². The molecule has 0 aliphatic heterocycles. The molecule has 0 aliphatic carbocycles. The molecule has 0 rings (SSSR count). The van der Waals surface area contributed by atoms with E-state index in [4.69, 9.17) is 4.74 Å². The molecule has 1 unspecified atom stereocenters. The topological polar surface area (TPSA) is 26.3 Å². The molecule has 94 valence electrons. The third-order valence-electron chi connectivity index (χ3n) is 2.36. The Bertz CT molecular complexity index is 213. The molecule has 2 nitrogen and oxygen atoms in total. The highest BCUT2D eigenvalue weighted by molar-refractivity contribution is 5.74. The van der Waals surface area contributed by atoms with E-state index in [0.717, 1.165) is 12.8 Å². The van der Waals surface area contributed by atoms with E-state index in [2.05, 4.69) is 13.5 Å². The maximum Gasteiger partial charge on any atom is 0.313 e. The van der Waals surface area contributed by atoms with Crippen molar-refractivity contribution in [2.24, 2.45) is 5.92 Å². The first-order chi connectivity index (χ1) is 7.40. The SMILES string of the molecule is C=CC(CCCCCC)C(=O)OC(C)(C)C. The van der Waals surface area contributed by atoms with Gasteiger partial charge in [-0.25, -0.2) is 0 Å². The average molecular weight is 226 g/mol. The van der Waals surface area contributed by atoms with Crippen LogP contribution in [-0.4, -0.2) is 11.6 Å². The number of esters is 1. The Hall–Kier alpha value is -0.790. The minimum atomic E-state index is -0.401. The second kappa shape index (κ2) is 7.48. The minimum absolute atomic E-state index is 0.140. The molecule has 0 saturated heterocycles. The Kier molecular flexibility index (Phi) is 7.11. The van der Waals surface area contributed by atoms with Crippen molar-refractivity contribution in [2.45, 2.75) is 65.4 Å². The van der Waals surface area contributed by atoms with Crippen molar-refractivity contribution in [3.8, 4) is 0 Å². The molecule has 0 fully saturated rings. The van der Waals surface area contributed by atoms with Crippen LogP contribution < -0.4 is 0 Å². The summed E-state index contributed by atoms with van der Waals surface area (Å²) < 4.78 is 5.34. The molecule has 2 heteroatoms. The van der Waals surface area contributed by atoms with E-state index in [1.165, 1.54) is 19.3 Å². The van der Waals surface area contributed by atoms with Crippen molar-refractivity contribution < 1.29 is 9.53 Å². The van der Waals surface area contributed by atoms with Crippen molar-refractivity contribution in [3.05, 3.63) is 12.7 Å². The molecule has 1 atom stereocenters. The van der Waals surface area contributed by atoms with E-state index >= 15 is 0 Å². The molecule has 0 heterocycles. The normalized spacial score (nSPS) is 13.2. The van der Waals surface area contributed by atoms with Gasteiger partial charge in [-0.3, -0.25) is 4.79 Å². The summed E-state index contributed by atoms with van der Waals surface area (Å²) in [6.07, 6.45) is 7.27. The Morgan fingerprint density at radius 2 is 1.94 bits per heavy atom. The Labute approximate surface area is 100 Å². The van der Waals surface area contributed by atoms with Crippen LogP contribution in [0.2, 0.25) is 0 Å². The third kappa shape index (κ3) is 7.49. The van der Waals surface area contributed by atoms with E-state index < -0.39 is 5.60 Å². The molecular formula is C14H26O2. The molecule has 0 radical (unpaired) electrons. The van der Waals surface area contributed by atoms with Gasteiger partial charge < -0.3 is 4.74 Å². The summed E-state index contributed by atoms with van der Waals surface area (Å²) in [5, 5.41) is 0. The zero-order valence-corrected chi connectivity index (χ0v) is 11.2. The third-order valence-corrected chi connectivity index (χ3v) is 2.36. The number of carbonyl (C=O) groups is 1. The molecule has 0 N–H and O–H groups in total. The number of ether oxygens (including phenoxy) is 1. The van der Waals surface area contributed by atoms with E-state index in [1.54, 1.807) is 6.08 Å². The average Bonchev–Trinajstić information content (AvgIpc) is 2.15. The van der Waals surface area contributed by atoms with Crippen molar-refractivity contribution >= 4 is 5.97 Å². The Morgan fingerprint density at radius 3 is 2.38 bits per heavy atom. The smallest absolute Gasteiger partial charge is 0.313 e. The second-order valence-electron chi connectivity index (χ2n) is 5.23. The number of carbonyl (C=O) groups excluding carboxylic acids is 1. The summed E-state index contributed by atoms with van der Waals surface area (Å²) in [5.74, 6) is -0.282. The van der Waals surface area contributed by atoms with Crippen LogP contribution in [0.4, 0.5) is 0 Å². The quantitative estimate of drug-likeness (QED) is 0.371. The van der Waals surface area contributed by atoms with Gasteiger partial charge in [-0.05, 0) is 27.2 Å². The largest absolute Gasteiger partial charge is 0.460 e. The first-order valence-corrected chi connectivity index (χ1v) is 6.26. The lowest BCUT2D eigenvalue weighted by Gasteiger charge is -2.22. The fourth-order valence-electron chi connectivity index (χ4n) is 1.50. The number of unbranched alkanes of at least 4 members (excludes halogenated alkanes) is 3. The maximum absolute atomic E-state index is 11.8. The molecule has 0 amide bonds. The molecule has 0 bridgehead atoms.